The fourth-order valence-electron chi connectivity index (χ4n) is 2.99. The average molecular weight is 429 g/mol. The van der Waals surface area contributed by atoms with E-state index in [4.69, 9.17) is 9.47 Å². The zero-order valence-electron chi connectivity index (χ0n) is 17.0. The fraction of sp³-hybridized carbons (Fsp3) is 0.238. The van der Waals surface area contributed by atoms with Crippen molar-refractivity contribution in [2.75, 3.05) is 14.2 Å². The molecule has 0 spiro atoms. The normalized spacial score (nSPS) is 11.2. The third-order valence-corrected chi connectivity index (χ3v) is 5.92. The summed E-state index contributed by atoms with van der Waals surface area (Å²) < 4.78 is 40.1. The summed E-state index contributed by atoms with van der Waals surface area (Å²) in [7, 11) is -1.35. The molecule has 0 unspecified atom stereocenters. The largest absolute Gasteiger partial charge is 0.496 e. The first-order valence-electron chi connectivity index (χ1n) is 9.26. The third-order valence-electron chi connectivity index (χ3n) is 4.57. The highest BCUT2D eigenvalue weighted by Gasteiger charge is 2.25. The van der Waals surface area contributed by atoms with Crippen molar-refractivity contribution in [2.24, 2.45) is 0 Å². The van der Waals surface area contributed by atoms with Crippen molar-refractivity contribution in [3.63, 3.8) is 0 Å². The van der Waals surface area contributed by atoms with E-state index in [1.54, 1.807) is 35.1 Å². The van der Waals surface area contributed by atoms with Crippen LogP contribution >= 0.6 is 0 Å². The van der Waals surface area contributed by atoms with E-state index < -0.39 is 15.9 Å². The van der Waals surface area contributed by atoms with Crippen LogP contribution in [0.4, 0.5) is 0 Å². The second-order valence-electron chi connectivity index (χ2n) is 6.51. The summed E-state index contributed by atoms with van der Waals surface area (Å²) in [5, 5.41) is 4.14. The van der Waals surface area contributed by atoms with E-state index >= 15 is 0 Å². The Bertz CT molecular complexity index is 1140. The number of carbonyl (C=O) groups excluding carboxylic acids is 1. The Morgan fingerprint density at radius 2 is 1.80 bits per heavy atom. The lowest BCUT2D eigenvalue weighted by molar-refractivity contribution is 0.0978. The molecule has 0 aliphatic heterocycles. The van der Waals surface area contributed by atoms with E-state index in [2.05, 4.69) is 9.82 Å². The second-order valence-corrected chi connectivity index (χ2v) is 8.16. The molecule has 0 bridgehead atoms. The maximum Gasteiger partial charge on any atom is 0.268 e. The van der Waals surface area contributed by atoms with Crippen molar-refractivity contribution in [3.05, 3.63) is 71.5 Å². The number of aryl methyl sites for hydroxylation is 1. The number of hydrogen-bond acceptors (Lipinski definition) is 6. The molecule has 1 N–H and O–H groups in total. The van der Waals surface area contributed by atoms with Crippen LogP contribution in [0.2, 0.25) is 0 Å². The summed E-state index contributed by atoms with van der Waals surface area (Å²) in [6.45, 7) is 2.40. The van der Waals surface area contributed by atoms with Gasteiger partial charge in [0.15, 0.2) is 0 Å². The van der Waals surface area contributed by atoms with Gasteiger partial charge in [0.2, 0.25) is 0 Å². The molecule has 30 heavy (non-hydrogen) atoms. The molecule has 0 saturated heterocycles. The van der Waals surface area contributed by atoms with Gasteiger partial charge in [-0.1, -0.05) is 19.1 Å². The Balaban J connectivity index is 1.88. The lowest BCUT2D eigenvalue weighted by Crippen LogP contribution is -2.31. The first-order chi connectivity index (χ1) is 14.4. The van der Waals surface area contributed by atoms with Crippen molar-refractivity contribution in [2.45, 2.75) is 24.8 Å². The van der Waals surface area contributed by atoms with Gasteiger partial charge in [0.05, 0.1) is 26.3 Å². The predicted octanol–water partition coefficient (Wildman–Crippen LogP) is 2.63. The molecule has 1 aromatic heterocycles. The third kappa shape index (κ3) is 4.62. The molecule has 0 fully saturated rings. The molecule has 2 aromatic carbocycles. The van der Waals surface area contributed by atoms with E-state index in [-0.39, 0.29) is 22.0 Å². The molecule has 0 atom stereocenters. The minimum atomic E-state index is -4.15. The van der Waals surface area contributed by atoms with E-state index in [9.17, 15) is 13.2 Å². The van der Waals surface area contributed by atoms with Gasteiger partial charge in [0, 0.05) is 12.4 Å². The number of methoxy groups -OCH3 is 2. The van der Waals surface area contributed by atoms with Crippen LogP contribution in [0.1, 0.15) is 28.4 Å². The molecule has 3 rings (SSSR count). The van der Waals surface area contributed by atoms with E-state index in [0.717, 1.165) is 11.1 Å². The number of nitrogens with zero attached hydrogens (tertiary/aromatic N) is 2. The monoisotopic (exact) mass is 429 g/mol. The molecule has 0 aliphatic rings. The highest BCUT2D eigenvalue weighted by Crippen LogP contribution is 2.26. The average Bonchev–Trinajstić information content (AvgIpc) is 3.25. The zero-order valence-corrected chi connectivity index (χ0v) is 17.8. The summed E-state index contributed by atoms with van der Waals surface area (Å²) in [6, 6.07) is 11.6. The predicted molar refractivity (Wildman–Crippen MR) is 111 cm³/mol. The summed E-state index contributed by atoms with van der Waals surface area (Å²) >= 11 is 0. The van der Waals surface area contributed by atoms with Crippen LogP contribution in [0.3, 0.4) is 0 Å². The summed E-state index contributed by atoms with van der Waals surface area (Å²) in [5.41, 5.74) is 1.77. The molecule has 158 valence electrons. The lowest BCUT2D eigenvalue weighted by Gasteiger charge is -2.14. The van der Waals surface area contributed by atoms with E-state index in [1.165, 1.54) is 26.4 Å². The molecule has 0 aliphatic carbocycles. The topological polar surface area (TPSA) is 99.5 Å². The highest BCUT2D eigenvalue weighted by atomic mass is 32.2. The molecule has 8 nitrogen and oxygen atoms in total. The number of hydrogen-bond donors (Lipinski definition) is 1. The number of carbonyl (C=O) groups is 1. The quantitative estimate of drug-likeness (QED) is 0.591. The van der Waals surface area contributed by atoms with Crippen molar-refractivity contribution in [1.82, 2.24) is 14.5 Å². The Morgan fingerprint density at radius 1 is 1.07 bits per heavy atom. The Kier molecular flexibility index (Phi) is 6.41. The molecular weight excluding hydrogens is 406 g/mol. The number of nitrogens with one attached hydrogen (secondary N) is 1. The van der Waals surface area contributed by atoms with E-state index in [0.29, 0.717) is 13.0 Å². The number of ether oxygens (including phenoxy) is 2. The van der Waals surface area contributed by atoms with Gasteiger partial charge >= 0.3 is 0 Å². The molecule has 3 aromatic rings. The van der Waals surface area contributed by atoms with Gasteiger partial charge in [-0.2, -0.15) is 5.10 Å². The molecule has 9 heteroatoms. The standard InChI is InChI=1S/C21H23N3O5S/c1-4-15-7-9-18(28-2)20(13-15)30(26,27)23-21(25)17-8-6-16(12-19(17)29-3)14-24-11-5-10-22-24/h5-13H,4,14H2,1-3H3,(H,23,25). The summed E-state index contributed by atoms with van der Waals surface area (Å²) in [6.07, 6.45) is 4.13. The van der Waals surface area contributed by atoms with Crippen LogP contribution in [-0.4, -0.2) is 38.3 Å². The van der Waals surface area contributed by atoms with Crippen molar-refractivity contribution in [1.29, 1.82) is 0 Å². The van der Waals surface area contributed by atoms with Gasteiger partial charge in [-0.15, -0.1) is 0 Å². The fourth-order valence-corrected chi connectivity index (χ4v) is 4.17. The minimum absolute atomic E-state index is 0.0908. The van der Waals surface area contributed by atoms with Gasteiger partial charge in [-0.3, -0.25) is 9.48 Å². The van der Waals surface area contributed by atoms with Crippen LogP contribution in [0.25, 0.3) is 0 Å². The smallest absolute Gasteiger partial charge is 0.268 e. The molecular formula is C21H23N3O5S. The molecule has 0 saturated carbocycles. The molecule has 1 heterocycles. The maximum atomic E-state index is 12.9. The van der Waals surface area contributed by atoms with Crippen LogP contribution < -0.4 is 14.2 Å². The van der Waals surface area contributed by atoms with Crippen LogP contribution in [0, 0.1) is 0 Å². The first-order valence-corrected chi connectivity index (χ1v) is 10.7. The Morgan fingerprint density at radius 3 is 2.43 bits per heavy atom. The van der Waals surface area contributed by atoms with Crippen LogP contribution in [-0.2, 0) is 23.0 Å². The van der Waals surface area contributed by atoms with Gasteiger partial charge in [-0.05, 0) is 47.9 Å². The Hall–Kier alpha value is -3.33. The van der Waals surface area contributed by atoms with Gasteiger partial charge in [0.1, 0.15) is 16.4 Å². The number of rotatable bonds is 8. The summed E-state index contributed by atoms with van der Waals surface area (Å²) in [4.78, 5) is 12.7. The number of aromatic nitrogens is 2. The van der Waals surface area contributed by atoms with Crippen molar-refractivity contribution >= 4 is 15.9 Å². The number of benzene rings is 2. The number of amides is 1. The van der Waals surface area contributed by atoms with Crippen LogP contribution in [0.5, 0.6) is 11.5 Å². The Labute approximate surface area is 175 Å². The van der Waals surface area contributed by atoms with Gasteiger partial charge in [0.25, 0.3) is 15.9 Å². The van der Waals surface area contributed by atoms with Crippen LogP contribution in [0.15, 0.2) is 59.8 Å². The summed E-state index contributed by atoms with van der Waals surface area (Å²) in [5.74, 6) is -0.364. The molecule has 0 radical (unpaired) electrons. The zero-order chi connectivity index (χ0) is 21.7. The highest BCUT2D eigenvalue weighted by molar-refractivity contribution is 7.90. The minimum Gasteiger partial charge on any atom is -0.496 e. The first kappa shape index (κ1) is 21.4. The molecule has 1 amide bonds. The van der Waals surface area contributed by atoms with Crippen molar-refractivity contribution in [3.8, 4) is 11.5 Å². The van der Waals surface area contributed by atoms with Gasteiger partial charge in [-0.25, -0.2) is 13.1 Å². The number of sulfonamides is 1. The van der Waals surface area contributed by atoms with Gasteiger partial charge < -0.3 is 9.47 Å². The van der Waals surface area contributed by atoms with Crippen molar-refractivity contribution < 1.29 is 22.7 Å². The lowest BCUT2D eigenvalue weighted by atomic mass is 10.1. The second kappa shape index (κ2) is 9.00. The SMILES string of the molecule is CCc1ccc(OC)c(S(=O)(=O)NC(=O)c2ccc(Cn3cccn3)cc2OC)c1. The van der Waals surface area contributed by atoms with E-state index in [1.807, 2.05) is 19.2 Å². The maximum absolute atomic E-state index is 12.9.